The Hall–Kier alpha value is -2.88. The zero-order chi connectivity index (χ0) is 22.3. The quantitative estimate of drug-likeness (QED) is 0.582. The summed E-state index contributed by atoms with van der Waals surface area (Å²) in [5.41, 5.74) is 1.78. The Morgan fingerprint density at radius 3 is 2.53 bits per heavy atom. The first-order valence-electron chi connectivity index (χ1n) is 10.4. The first-order valence-corrected chi connectivity index (χ1v) is 11.3. The predicted octanol–water partition coefficient (Wildman–Crippen LogP) is 2.06. The summed E-state index contributed by atoms with van der Waals surface area (Å²) in [5, 5.41) is 4.79. The van der Waals surface area contributed by atoms with Crippen molar-refractivity contribution >= 4 is 28.9 Å². The molecule has 2 fully saturated rings. The maximum atomic E-state index is 12.9. The summed E-state index contributed by atoms with van der Waals surface area (Å²) in [6, 6.07) is 16.3. The molecule has 9 heteroatoms. The van der Waals surface area contributed by atoms with Crippen molar-refractivity contribution in [2.24, 2.45) is 0 Å². The van der Waals surface area contributed by atoms with Crippen LogP contribution in [-0.4, -0.2) is 54.3 Å². The van der Waals surface area contributed by atoms with Crippen LogP contribution in [0.5, 0.6) is 5.75 Å². The van der Waals surface area contributed by atoms with Gasteiger partial charge in [0.1, 0.15) is 12.4 Å². The Morgan fingerprint density at radius 2 is 1.88 bits per heavy atom. The molecule has 168 valence electrons. The van der Waals surface area contributed by atoms with E-state index < -0.39 is 17.3 Å². The second-order valence-corrected chi connectivity index (χ2v) is 8.67. The van der Waals surface area contributed by atoms with Gasteiger partial charge in [0.15, 0.2) is 0 Å². The van der Waals surface area contributed by atoms with Crippen LogP contribution in [0, 0.1) is 0 Å². The average molecular weight is 457 g/mol. The lowest BCUT2D eigenvalue weighted by molar-refractivity contribution is -0.156. The topological polar surface area (TPSA) is 103 Å². The summed E-state index contributed by atoms with van der Waals surface area (Å²) in [7, 11) is 0. The summed E-state index contributed by atoms with van der Waals surface area (Å²) >= 11 is 0.995. The van der Waals surface area contributed by atoms with E-state index in [1.54, 1.807) is 12.1 Å². The number of ether oxygens (including phenoxy) is 3. The molecule has 2 unspecified atom stereocenters. The van der Waals surface area contributed by atoms with Gasteiger partial charge in [-0.2, -0.15) is 0 Å². The van der Waals surface area contributed by atoms with E-state index in [-0.39, 0.29) is 23.8 Å². The van der Waals surface area contributed by atoms with Crippen LogP contribution in [0.3, 0.4) is 0 Å². The minimum absolute atomic E-state index is 0.159. The first kappa shape index (κ1) is 22.3. The average Bonchev–Trinajstić information content (AvgIpc) is 3.14. The highest BCUT2D eigenvalue weighted by molar-refractivity contribution is 8.15. The van der Waals surface area contributed by atoms with Crippen molar-refractivity contribution in [3.05, 3.63) is 65.7 Å². The number of thioether (sulfide) groups is 1. The van der Waals surface area contributed by atoms with Gasteiger partial charge >= 0.3 is 5.97 Å². The lowest BCUT2D eigenvalue weighted by Crippen LogP contribution is -2.54. The minimum atomic E-state index is -0.876. The van der Waals surface area contributed by atoms with Gasteiger partial charge in [0.25, 0.3) is 5.24 Å². The predicted molar refractivity (Wildman–Crippen MR) is 118 cm³/mol. The number of carbonyl (C=O) groups is 3. The molecular formula is C23H24N2O6S. The largest absolute Gasteiger partial charge is 0.477 e. The Morgan fingerprint density at radius 1 is 1.09 bits per heavy atom. The number of hydrogen-bond acceptors (Lipinski definition) is 8. The molecule has 2 saturated heterocycles. The van der Waals surface area contributed by atoms with Crippen LogP contribution in [0.4, 0.5) is 4.79 Å². The Labute approximate surface area is 190 Å². The van der Waals surface area contributed by atoms with Gasteiger partial charge in [-0.05, 0) is 29.7 Å². The van der Waals surface area contributed by atoms with Gasteiger partial charge in [-0.3, -0.25) is 14.9 Å². The van der Waals surface area contributed by atoms with Gasteiger partial charge in [-0.15, -0.1) is 0 Å². The summed E-state index contributed by atoms with van der Waals surface area (Å²) in [6.45, 7) is 1.69. The summed E-state index contributed by atoms with van der Waals surface area (Å²) in [5.74, 6) is -0.245. The van der Waals surface area contributed by atoms with Gasteiger partial charge in [0, 0.05) is 6.54 Å². The van der Waals surface area contributed by atoms with Crippen molar-refractivity contribution in [2.45, 2.75) is 30.4 Å². The number of amides is 2. The number of nitrogens with one attached hydrogen (secondary N) is 2. The van der Waals surface area contributed by atoms with Crippen molar-refractivity contribution in [1.29, 1.82) is 0 Å². The molecule has 2 aliphatic rings. The molecule has 2 aliphatic heterocycles. The Kier molecular flexibility index (Phi) is 7.41. The number of benzene rings is 2. The molecule has 0 aromatic heterocycles. The van der Waals surface area contributed by atoms with Crippen LogP contribution in [0.2, 0.25) is 0 Å². The van der Waals surface area contributed by atoms with Crippen LogP contribution in [-0.2, 0) is 32.1 Å². The monoisotopic (exact) mass is 456 g/mol. The third-order valence-electron chi connectivity index (χ3n) is 5.15. The minimum Gasteiger partial charge on any atom is -0.477 e. The van der Waals surface area contributed by atoms with E-state index >= 15 is 0 Å². The zero-order valence-electron chi connectivity index (χ0n) is 17.3. The van der Waals surface area contributed by atoms with E-state index in [1.165, 1.54) is 0 Å². The molecule has 0 saturated carbocycles. The number of rotatable bonds is 8. The molecule has 0 radical (unpaired) electrons. The summed E-state index contributed by atoms with van der Waals surface area (Å²) in [4.78, 5) is 36.0. The van der Waals surface area contributed by atoms with Crippen LogP contribution in [0.1, 0.15) is 11.1 Å². The molecule has 0 aliphatic carbocycles. The highest BCUT2D eigenvalue weighted by atomic mass is 32.2. The fourth-order valence-electron chi connectivity index (χ4n) is 3.48. The fraction of sp³-hybridized carbons (Fsp3) is 0.348. The van der Waals surface area contributed by atoms with Gasteiger partial charge in [-0.25, -0.2) is 4.79 Å². The van der Waals surface area contributed by atoms with E-state index in [2.05, 4.69) is 10.6 Å². The molecule has 3 atom stereocenters. The van der Waals surface area contributed by atoms with Gasteiger partial charge < -0.3 is 19.5 Å². The van der Waals surface area contributed by atoms with Crippen molar-refractivity contribution in [3.63, 3.8) is 0 Å². The molecule has 0 bridgehead atoms. The number of morpholine rings is 1. The summed E-state index contributed by atoms with van der Waals surface area (Å²) in [6.07, 6.45) is -0.443. The zero-order valence-corrected chi connectivity index (χ0v) is 18.1. The summed E-state index contributed by atoms with van der Waals surface area (Å²) < 4.78 is 17.0. The highest BCUT2D eigenvalue weighted by Gasteiger charge is 2.34. The van der Waals surface area contributed by atoms with E-state index in [4.69, 9.17) is 14.2 Å². The number of carbonyl (C=O) groups excluding carboxylic acids is 3. The molecule has 2 heterocycles. The highest BCUT2D eigenvalue weighted by Crippen LogP contribution is 2.24. The number of imide groups is 1. The number of hydrogen-bond donors (Lipinski definition) is 2. The van der Waals surface area contributed by atoms with Crippen LogP contribution in [0.15, 0.2) is 54.6 Å². The smallest absolute Gasteiger partial charge is 0.349 e. The normalized spacial score (nSPS) is 21.6. The molecule has 32 heavy (non-hydrogen) atoms. The van der Waals surface area contributed by atoms with E-state index in [0.29, 0.717) is 31.9 Å². The van der Waals surface area contributed by atoms with Gasteiger partial charge in [-0.1, -0.05) is 54.2 Å². The molecule has 2 amide bonds. The van der Waals surface area contributed by atoms with E-state index in [1.807, 2.05) is 42.5 Å². The van der Waals surface area contributed by atoms with Crippen molar-refractivity contribution < 1.29 is 28.6 Å². The van der Waals surface area contributed by atoms with Crippen molar-refractivity contribution in [2.75, 3.05) is 19.8 Å². The second-order valence-electron chi connectivity index (χ2n) is 7.50. The van der Waals surface area contributed by atoms with Gasteiger partial charge in [0.2, 0.25) is 12.0 Å². The molecular weight excluding hydrogens is 432 g/mol. The number of esters is 1. The first-order chi connectivity index (χ1) is 15.6. The second kappa shape index (κ2) is 10.6. The van der Waals surface area contributed by atoms with Crippen LogP contribution in [0.25, 0.3) is 0 Å². The third kappa shape index (κ3) is 5.87. The lowest BCUT2D eigenvalue weighted by Gasteiger charge is -2.30. The van der Waals surface area contributed by atoms with Crippen molar-refractivity contribution in [1.82, 2.24) is 10.6 Å². The van der Waals surface area contributed by atoms with E-state index in [0.717, 1.165) is 22.9 Å². The maximum Gasteiger partial charge on any atom is 0.349 e. The third-order valence-corrected chi connectivity index (χ3v) is 6.13. The SMILES string of the molecule is O=C1NC(=O)C(Cc2ccc(OC(C(=O)OCc3ccccc3)[C@H]3COCCN3)cc2)S1. The molecule has 0 spiro atoms. The standard InChI is InChI=1S/C23H24N2O6S/c26-21-19(32-23(28)25-21)12-15-6-8-17(9-7-15)31-20(18-14-29-11-10-24-18)22(27)30-13-16-4-2-1-3-5-16/h1-9,18-20,24H,10-14H2,(H,25,26,28)/t18-,19?,20?/m1/s1. The van der Waals surface area contributed by atoms with Crippen molar-refractivity contribution in [3.8, 4) is 5.75 Å². The Balaban J connectivity index is 1.40. The van der Waals surface area contributed by atoms with Crippen LogP contribution < -0.4 is 15.4 Å². The van der Waals surface area contributed by atoms with E-state index in [9.17, 15) is 14.4 Å². The lowest BCUT2D eigenvalue weighted by atomic mass is 10.1. The molecule has 4 rings (SSSR count). The van der Waals surface area contributed by atoms with Gasteiger partial charge in [0.05, 0.1) is 24.5 Å². The van der Waals surface area contributed by atoms with Crippen LogP contribution >= 0.6 is 11.8 Å². The fourth-order valence-corrected chi connectivity index (χ4v) is 4.34. The molecule has 8 nitrogen and oxygen atoms in total. The maximum absolute atomic E-state index is 12.9. The molecule has 2 N–H and O–H groups in total. The molecule has 2 aromatic carbocycles. The Bertz CT molecular complexity index is 947. The molecule has 2 aromatic rings.